The van der Waals surface area contributed by atoms with Crippen molar-refractivity contribution in [2.45, 2.75) is 13.3 Å². The molecule has 0 aromatic heterocycles. The van der Waals surface area contributed by atoms with Crippen molar-refractivity contribution in [3.8, 4) is 0 Å². The molecule has 0 atom stereocenters. The number of ether oxygens (including phenoxy) is 1. The molecule has 136 valence electrons. The van der Waals surface area contributed by atoms with E-state index in [9.17, 15) is 9.59 Å². The van der Waals surface area contributed by atoms with Crippen LogP contribution in [-0.4, -0.2) is 18.4 Å². The van der Waals surface area contributed by atoms with Crippen molar-refractivity contribution < 1.29 is 14.3 Å². The number of ketones is 1. The Labute approximate surface area is 166 Å². The number of carbonyl (C=O) groups excluding carboxylic acids is 2. The fourth-order valence-electron chi connectivity index (χ4n) is 2.95. The summed E-state index contributed by atoms with van der Waals surface area (Å²) in [7, 11) is 0. The summed E-state index contributed by atoms with van der Waals surface area (Å²) in [5.41, 5.74) is 2.45. The Bertz CT molecular complexity index is 1020. The van der Waals surface area contributed by atoms with Crippen molar-refractivity contribution >= 4 is 44.5 Å². The predicted octanol–water partition coefficient (Wildman–Crippen LogP) is 5.60. The summed E-state index contributed by atoms with van der Waals surface area (Å²) in [6, 6.07) is 19.3. The third-order valence-electron chi connectivity index (χ3n) is 4.14. The van der Waals surface area contributed by atoms with Gasteiger partial charge in [0.15, 0.2) is 5.78 Å². The molecule has 0 unspecified atom stereocenters. The minimum atomic E-state index is -0.375. The third kappa shape index (κ3) is 4.92. The van der Waals surface area contributed by atoms with Gasteiger partial charge < -0.3 is 4.74 Å². The number of fused-ring (bicyclic) bond motifs is 1. The van der Waals surface area contributed by atoms with Crippen LogP contribution in [0.5, 0.6) is 0 Å². The highest BCUT2D eigenvalue weighted by Crippen LogP contribution is 2.25. The second-order valence-corrected chi connectivity index (χ2v) is 7.02. The molecule has 27 heavy (non-hydrogen) atoms. The van der Waals surface area contributed by atoms with Crippen LogP contribution in [0.1, 0.15) is 28.4 Å². The van der Waals surface area contributed by atoms with Crippen LogP contribution in [0, 0.1) is 0 Å². The van der Waals surface area contributed by atoms with Gasteiger partial charge in [-0.3, -0.25) is 4.79 Å². The van der Waals surface area contributed by atoms with Crippen LogP contribution in [0.2, 0.25) is 0 Å². The number of Topliss-reactive ketones (excluding diaryl/α,β-unsaturated/α-hetero) is 1. The Balaban J connectivity index is 1.83. The Kier molecular flexibility index (Phi) is 6.20. The number of carbonyl (C=O) groups is 2. The monoisotopic (exact) mass is 422 g/mol. The highest BCUT2D eigenvalue weighted by molar-refractivity contribution is 9.10. The normalized spacial score (nSPS) is 11.0. The number of benzene rings is 3. The van der Waals surface area contributed by atoms with E-state index in [-0.39, 0.29) is 11.8 Å². The Morgan fingerprint density at radius 3 is 2.67 bits per heavy atom. The van der Waals surface area contributed by atoms with Crippen LogP contribution < -0.4 is 0 Å². The van der Waals surface area contributed by atoms with Gasteiger partial charge in [0.1, 0.15) is 0 Å². The third-order valence-corrected chi connectivity index (χ3v) is 4.60. The SMILES string of the molecule is CCOC(=O)/C=C/c1cccc(CC(=O)c2cc(Br)cc3ccccc23)c1. The fourth-order valence-corrected chi connectivity index (χ4v) is 3.42. The minimum absolute atomic E-state index is 0.0547. The molecule has 0 saturated heterocycles. The van der Waals surface area contributed by atoms with Gasteiger partial charge in [-0.1, -0.05) is 64.5 Å². The second-order valence-electron chi connectivity index (χ2n) is 6.10. The molecule has 0 amide bonds. The van der Waals surface area contributed by atoms with Crippen molar-refractivity contribution in [2.75, 3.05) is 6.61 Å². The van der Waals surface area contributed by atoms with Gasteiger partial charge in [0.2, 0.25) is 0 Å². The summed E-state index contributed by atoms with van der Waals surface area (Å²) in [6.45, 7) is 2.11. The highest BCUT2D eigenvalue weighted by Gasteiger charge is 2.12. The van der Waals surface area contributed by atoms with Gasteiger partial charge in [0.05, 0.1) is 6.61 Å². The van der Waals surface area contributed by atoms with Crippen molar-refractivity contribution in [3.63, 3.8) is 0 Å². The van der Waals surface area contributed by atoms with E-state index in [0.717, 1.165) is 26.4 Å². The van der Waals surface area contributed by atoms with Gasteiger partial charge in [0.25, 0.3) is 0 Å². The molecule has 0 aliphatic rings. The van der Waals surface area contributed by atoms with Gasteiger partial charge in [-0.05, 0) is 47.0 Å². The standard InChI is InChI=1S/C23H19BrO3/c1-2-27-23(26)11-10-16-6-5-7-17(12-16)13-22(25)21-15-19(24)14-18-8-3-4-9-20(18)21/h3-12,14-15H,2,13H2,1H3/b11-10+. The summed E-state index contributed by atoms with van der Waals surface area (Å²) < 4.78 is 5.77. The van der Waals surface area contributed by atoms with Crippen molar-refractivity contribution in [1.29, 1.82) is 0 Å². The maximum atomic E-state index is 12.9. The van der Waals surface area contributed by atoms with E-state index >= 15 is 0 Å². The summed E-state index contributed by atoms with van der Waals surface area (Å²) >= 11 is 3.49. The van der Waals surface area contributed by atoms with Gasteiger partial charge >= 0.3 is 5.97 Å². The minimum Gasteiger partial charge on any atom is -0.463 e. The first kappa shape index (κ1) is 19.1. The molecular formula is C23H19BrO3. The molecule has 0 N–H and O–H groups in total. The quantitative estimate of drug-likeness (QED) is 0.294. The molecule has 3 rings (SSSR count). The molecule has 3 nitrogen and oxygen atoms in total. The van der Waals surface area contributed by atoms with Crippen LogP contribution in [0.25, 0.3) is 16.8 Å². The van der Waals surface area contributed by atoms with E-state index in [1.807, 2.05) is 60.7 Å². The molecule has 3 aromatic rings. The lowest BCUT2D eigenvalue weighted by atomic mass is 9.97. The van der Waals surface area contributed by atoms with Gasteiger partial charge in [-0.2, -0.15) is 0 Å². The number of esters is 1. The Morgan fingerprint density at radius 2 is 1.85 bits per heavy atom. The molecule has 0 aliphatic carbocycles. The van der Waals surface area contributed by atoms with Gasteiger partial charge in [-0.15, -0.1) is 0 Å². The largest absolute Gasteiger partial charge is 0.463 e. The van der Waals surface area contributed by atoms with Crippen molar-refractivity contribution in [1.82, 2.24) is 0 Å². The first-order valence-electron chi connectivity index (χ1n) is 8.72. The van der Waals surface area contributed by atoms with Crippen LogP contribution in [0.3, 0.4) is 0 Å². The van der Waals surface area contributed by atoms with Crippen molar-refractivity contribution in [3.05, 3.63) is 87.9 Å². The van der Waals surface area contributed by atoms with E-state index in [1.165, 1.54) is 6.08 Å². The lowest BCUT2D eigenvalue weighted by Crippen LogP contribution is -2.05. The summed E-state index contributed by atoms with van der Waals surface area (Å²) in [6.07, 6.45) is 3.38. The van der Waals surface area contributed by atoms with Crippen LogP contribution in [-0.2, 0) is 16.0 Å². The molecule has 0 bridgehead atoms. The number of halogens is 1. The lowest BCUT2D eigenvalue weighted by molar-refractivity contribution is -0.137. The molecular weight excluding hydrogens is 404 g/mol. The van der Waals surface area contributed by atoms with Gasteiger partial charge in [-0.25, -0.2) is 4.79 Å². The van der Waals surface area contributed by atoms with Crippen LogP contribution >= 0.6 is 15.9 Å². The molecule has 0 radical (unpaired) electrons. The molecule has 0 aliphatic heterocycles. The van der Waals surface area contributed by atoms with Crippen molar-refractivity contribution in [2.24, 2.45) is 0 Å². The zero-order valence-corrected chi connectivity index (χ0v) is 16.5. The highest BCUT2D eigenvalue weighted by atomic mass is 79.9. The second kappa shape index (κ2) is 8.78. The molecule has 0 heterocycles. The maximum Gasteiger partial charge on any atom is 0.330 e. The summed E-state index contributed by atoms with van der Waals surface area (Å²) in [4.78, 5) is 24.4. The molecule has 3 aromatic carbocycles. The zero-order valence-electron chi connectivity index (χ0n) is 14.9. The van der Waals surface area contributed by atoms with Gasteiger partial charge in [0, 0.05) is 22.5 Å². The topological polar surface area (TPSA) is 43.4 Å². The average molecular weight is 423 g/mol. The smallest absolute Gasteiger partial charge is 0.330 e. The Hall–Kier alpha value is -2.72. The first-order chi connectivity index (χ1) is 13.1. The molecule has 0 fully saturated rings. The maximum absolute atomic E-state index is 12.9. The zero-order chi connectivity index (χ0) is 19.2. The van der Waals surface area contributed by atoms with E-state index in [0.29, 0.717) is 18.6 Å². The number of rotatable bonds is 6. The van der Waals surface area contributed by atoms with Crippen LogP contribution in [0.4, 0.5) is 0 Å². The Morgan fingerprint density at radius 1 is 1.04 bits per heavy atom. The van der Waals surface area contributed by atoms with E-state index in [1.54, 1.807) is 13.0 Å². The average Bonchev–Trinajstić information content (AvgIpc) is 2.66. The molecule has 0 spiro atoms. The fraction of sp³-hybridized carbons (Fsp3) is 0.130. The molecule has 0 saturated carbocycles. The van der Waals surface area contributed by atoms with E-state index in [2.05, 4.69) is 15.9 Å². The predicted molar refractivity (Wildman–Crippen MR) is 112 cm³/mol. The summed E-state index contributed by atoms with van der Waals surface area (Å²) in [5, 5.41) is 1.98. The first-order valence-corrected chi connectivity index (χ1v) is 9.51. The molecule has 4 heteroatoms. The number of hydrogen-bond donors (Lipinski definition) is 0. The van der Waals surface area contributed by atoms with E-state index < -0.39 is 0 Å². The van der Waals surface area contributed by atoms with E-state index in [4.69, 9.17) is 4.74 Å². The number of hydrogen-bond acceptors (Lipinski definition) is 3. The summed E-state index contributed by atoms with van der Waals surface area (Å²) in [5.74, 6) is -0.321. The van der Waals surface area contributed by atoms with Crippen LogP contribution in [0.15, 0.2) is 71.2 Å². The lowest BCUT2D eigenvalue weighted by Gasteiger charge is -2.08.